The third-order valence-electron chi connectivity index (χ3n) is 3.04. The monoisotopic (exact) mass is 383 g/mol. The number of ether oxygens (including phenoxy) is 1. The van der Waals surface area contributed by atoms with Crippen molar-refractivity contribution in [3.05, 3.63) is 53.6 Å². The summed E-state index contributed by atoms with van der Waals surface area (Å²) in [4.78, 5) is -0.173. The number of halogens is 6. The molecule has 0 fully saturated rings. The van der Waals surface area contributed by atoms with Gasteiger partial charge in [-0.05, 0) is 47.7 Å². The van der Waals surface area contributed by atoms with Gasteiger partial charge in [0.25, 0.3) is 0 Å². The van der Waals surface area contributed by atoms with Crippen molar-refractivity contribution in [3.63, 3.8) is 0 Å². The molecule has 0 saturated carbocycles. The van der Waals surface area contributed by atoms with E-state index < -0.39 is 23.7 Å². The van der Waals surface area contributed by atoms with Crippen molar-refractivity contribution < 1.29 is 36.2 Å². The first-order chi connectivity index (χ1) is 11.4. The van der Waals surface area contributed by atoms with Crippen LogP contribution < -0.4 is 10.5 Å². The van der Waals surface area contributed by atoms with Crippen LogP contribution in [0.5, 0.6) is 11.5 Å². The number of benzene rings is 2. The second-order valence-electron chi connectivity index (χ2n) is 4.86. The molecule has 0 aliphatic heterocycles. The lowest BCUT2D eigenvalue weighted by Gasteiger charge is -2.16. The predicted molar refractivity (Wildman–Crippen MR) is 79.2 cm³/mol. The van der Waals surface area contributed by atoms with Crippen LogP contribution in [0.15, 0.2) is 47.4 Å². The summed E-state index contributed by atoms with van der Waals surface area (Å²) in [5.74, 6) is -0.788. The Morgan fingerprint density at radius 1 is 0.960 bits per heavy atom. The zero-order chi connectivity index (χ0) is 18.8. The number of hydrogen-bond acceptors (Lipinski definition) is 4. The molecule has 2 aromatic carbocycles. The van der Waals surface area contributed by atoms with E-state index in [1.807, 2.05) is 0 Å². The third kappa shape index (κ3) is 5.75. The Kier molecular flexibility index (Phi) is 5.43. The van der Waals surface area contributed by atoms with E-state index in [1.165, 1.54) is 12.1 Å². The maximum Gasteiger partial charge on any atom is 0.573 e. The van der Waals surface area contributed by atoms with Crippen molar-refractivity contribution in [2.75, 3.05) is 0 Å². The molecule has 3 nitrogen and oxygen atoms in total. The lowest BCUT2D eigenvalue weighted by molar-refractivity contribution is -0.274. The fourth-order valence-electron chi connectivity index (χ4n) is 2.04. The molecule has 0 radical (unpaired) electrons. The SMILES string of the molecule is N[C@@H](c1ccc(OC(F)(F)F)cc1)c1cc(SC(F)(F)F)ccc1O. The van der Waals surface area contributed by atoms with Crippen molar-refractivity contribution >= 4 is 11.8 Å². The maximum absolute atomic E-state index is 12.4. The van der Waals surface area contributed by atoms with Crippen molar-refractivity contribution in [1.29, 1.82) is 0 Å². The first-order valence-electron chi connectivity index (χ1n) is 6.64. The summed E-state index contributed by atoms with van der Waals surface area (Å²) in [6.45, 7) is 0. The van der Waals surface area contributed by atoms with Crippen LogP contribution in [-0.4, -0.2) is 17.0 Å². The predicted octanol–water partition coefficient (Wildman–Crippen LogP) is 4.95. The molecule has 0 spiro atoms. The Morgan fingerprint density at radius 3 is 2.08 bits per heavy atom. The molecule has 0 amide bonds. The molecule has 0 aromatic heterocycles. The highest BCUT2D eigenvalue weighted by Gasteiger charge is 2.31. The van der Waals surface area contributed by atoms with Crippen LogP contribution in [0.2, 0.25) is 0 Å². The van der Waals surface area contributed by atoms with E-state index in [1.54, 1.807) is 0 Å². The van der Waals surface area contributed by atoms with E-state index in [-0.39, 0.29) is 28.0 Å². The molecule has 10 heteroatoms. The summed E-state index contributed by atoms with van der Waals surface area (Å²) < 4.78 is 77.4. The quantitative estimate of drug-likeness (QED) is 0.579. The first-order valence-corrected chi connectivity index (χ1v) is 7.46. The van der Waals surface area contributed by atoms with Gasteiger partial charge in [0.05, 0.1) is 6.04 Å². The van der Waals surface area contributed by atoms with Crippen molar-refractivity contribution in [2.24, 2.45) is 5.73 Å². The van der Waals surface area contributed by atoms with E-state index in [4.69, 9.17) is 5.73 Å². The minimum Gasteiger partial charge on any atom is -0.508 e. The van der Waals surface area contributed by atoms with Gasteiger partial charge in [0.1, 0.15) is 11.5 Å². The number of alkyl halides is 6. The second-order valence-corrected chi connectivity index (χ2v) is 6.00. The fraction of sp³-hybridized carbons (Fsp3) is 0.200. The van der Waals surface area contributed by atoms with Gasteiger partial charge in [-0.15, -0.1) is 13.2 Å². The molecule has 0 bridgehead atoms. The molecule has 25 heavy (non-hydrogen) atoms. The molecule has 0 unspecified atom stereocenters. The number of phenolic OH excluding ortho intramolecular Hbond substituents is 1. The van der Waals surface area contributed by atoms with Crippen LogP contribution in [0.1, 0.15) is 17.2 Å². The standard InChI is InChI=1S/C15H11F6NO2S/c16-14(17,18)24-9-3-1-8(2-4-9)13(22)11-7-10(5-6-12(11)23)25-15(19,20)21/h1-7,13,23H,22H2/t13-/m0/s1. The lowest BCUT2D eigenvalue weighted by Crippen LogP contribution is -2.17. The Hall–Kier alpha value is -2.07. The summed E-state index contributed by atoms with van der Waals surface area (Å²) >= 11 is -0.367. The van der Waals surface area contributed by atoms with Gasteiger partial charge in [0.15, 0.2) is 0 Å². The number of phenols is 1. The summed E-state index contributed by atoms with van der Waals surface area (Å²) in [5.41, 5.74) is 1.71. The highest BCUT2D eigenvalue weighted by Crippen LogP contribution is 2.40. The van der Waals surface area contributed by atoms with Crippen LogP contribution in [0.3, 0.4) is 0 Å². The highest BCUT2D eigenvalue weighted by atomic mass is 32.2. The summed E-state index contributed by atoms with van der Waals surface area (Å²) in [5, 5.41) is 9.83. The van der Waals surface area contributed by atoms with Crippen LogP contribution >= 0.6 is 11.8 Å². The number of nitrogens with two attached hydrogens (primary N) is 1. The van der Waals surface area contributed by atoms with Crippen LogP contribution in [0.4, 0.5) is 26.3 Å². The molecule has 0 aliphatic rings. The van der Waals surface area contributed by atoms with E-state index in [9.17, 15) is 31.4 Å². The van der Waals surface area contributed by atoms with Crippen molar-refractivity contribution in [2.45, 2.75) is 22.8 Å². The highest BCUT2D eigenvalue weighted by molar-refractivity contribution is 8.00. The second kappa shape index (κ2) is 7.04. The number of aromatic hydroxyl groups is 1. The first kappa shape index (κ1) is 19.3. The zero-order valence-corrected chi connectivity index (χ0v) is 13.0. The summed E-state index contributed by atoms with van der Waals surface area (Å²) in [6.07, 6.45) is -4.84. The number of thioether (sulfide) groups is 1. The average Bonchev–Trinajstić information content (AvgIpc) is 2.46. The number of rotatable bonds is 4. The molecular formula is C15H11F6NO2S. The van der Waals surface area contributed by atoms with Gasteiger partial charge >= 0.3 is 11.9 Å². The smallest absolute Gasteiger partial charge is 0.508 e. The minimum absolute atomic E-state index is 0.0127. The van der Waals surface area contributed by atoms with Gasteiger partial charge < -0.3 is 15.6 Å². The molecule has 136 valence electrons. The van der Waals surface area contributed by atoms with E-state index in [2.05, 4.69) is 4.74 Å². The fourth-order valence-corrected chi connectivity index (χ4v) is 2.62. The topological polar surface area (TPSA) is 55.5 Å². The Labute approximate surface area is 142 Å². The van der Waals surface area contributed by atoms with E-state index in [0.717, 1.165) is 30.3 Å². The van der Waals surface area contributed by atoms with E-state index in [0.29, 0.717) is 5.56 Å². The van der Waals surface area contributed by atoms with Gasteiger partial charge in [0, 0.05) is 10.5 Å². The molecule has 0 aliphatic carbocycles. The Bertz CT molecular complexity index is 730. The van der Waals surface area contributed by atoms with Gasteiger partial charge in [-0.2, -0.15) is 13.2 Å². The summed E-state index contributed by atoms with van der Waals surface area (Å²) in [7, 11) is 0. The zero-order valence-electron chi connectivity index (χ0n) is 12.2. The number of hydrogen-bond donors (Lipinski definition) is 2. The molecule has 2 rings (SSSR count). The van der Waals surface area contributed by atoms with Crippen molar-refractivity contribution in [3.8, 4) is 11.5 Å². The van der Waals surface area contributed by atoms with Gasteiger partial charge in [-0.1, -0.05) is 12.1 Å². The van der Waals surface area contributed by atoms with Crippen LogP contribution in [0, 0.1) is 0 Å². The molecule has 2 aromatic rings. The largest absolute Gasteiger partial charge is 0.573 e. The van der Waals surface area contributed by atoms with Crippen molar-refractivity contribution in [1.82, 2.24) is 0 Å². The maximum atomic E-state index is 12.4. The van der Waals surface area contributed by atoms with Gasteiger partial charge in [-0.3, -0.25) is 0 Å². The molecular weight excluding hydrogens is 372 g/mol. The third-order valence-corrected chi connectivity index (χ3v) is 3.76. The van der Waals surface area contributed by atoms with Crippen LogP contribution in [-0.2, 0) is 0 Å². The minimum atomic E-state index is -4.84. The Morgan fingerprint density at radius 2 is 1.56 bits per heavy atom. The Balaban J connectivity index is 2.25. The lowest BCUT2D eigenvalue weighted by atomic mass is 9.99. The molecule has 3 N–H and O–H groups in total. The van der Waals surface area contributed by atoms with E-state index >= 15 is 0 Å². The molecule has 0 saturated heterocycles. The van der Waals surface area contributed by atoms with Gasteiger partial charge in [0.2, 0.25) is 0 Å². The van der Waals surface area contributed by atoms with Gasteiger partial charge in [-0.25, -0.2) is 0 Å². The average molecular weight is 383 g/mol. The normalized spacial score (nSPS) is 13.6. The molecule has 1 atom stereocenters. The van der Waals surface area contributed by atoms with Crippen LogP contribution in [0.25, 0.3) is 0 Å². The molecule has 0 heterocycles. The summed E-state index contributed by atoms with van der Waals surface area (Å²) in [6, 6.07) is 6.71.